The number of fused-ring (bicyclic) bond motifs is 1. The Hall–Kier alpha value is -3.32. The maximum absolute atomic E-state index is 12.6. The second kappa shape index (κ2) is 11.0. The van der Waals surface area contributed by atoms with Crippen LogP contribution in [-0.4, -0.2) is 47.6 Å². The lowest BCUT2D eigenvalue weighted by atomic mass is 9.97. The fourth-order valence-electron chi connectivity index (χ4n) is 4.44. The summed E-state index contributed by atoms with van der Waals surface area (Å²) in [5, 5.41) is 1.13. The molecule has 0 saturated carbocycles. The van der Waals surface area contributed by atoms with Crippen LogP contribution in [0.5, 0.6) is 11.5 Å². The molecule has 2 heterocycles. The van der Waals surface area contributed by atoms with Crippen LogP contribution in [0.1, 0.15) is 49.0 Å². The van der Waals surface area contributed by atoms with Crippen LogP contribution in [0, 0.1) is 0 Å². The van der Waals surface area contributed by atoms with Crippen molar-refractivity contribution in [1.29, 1.82) is 0 Å². The molecule has 3 aromatic rings. The lowest BCUT2D eigenvalue weighted by Gasteiger charge is -2.38. The molecule has 0 radical (unpaired) electrons. The Morgan fingerprint density at radius 2 is 1.71 bits per heavy atom. The number of ether oxygens (including phenoxy) is 3. The first kappa shape index (κ1) is 24.8. The van der Waals surface area contributed by atoms with Crippen molar-refractivity contribution >= 4 is 34.4 Å². The summed E-state index contributed by atoms with van der Waals surface area (Å²) < 4.78 is 16.3. The Kier molecular flexibility index (Phi) is 7.76. The number of nitrogens with zero attached hydrogens (tertiary/aromatic N) is 2. The van der Waals surface area contributed by atoms with Crippen molar-refractivity contribution in [3.63, 3.8) is 0 Å². The summed E-state index contributed by atoms with van der Waals surface area (Å²) >= 11 is 6.29. The summed E-state index contributed by atoms with van der Waals surface area (Å²) in [5.41, 5.74) is 1.68. The molecule has 0 bridgehead atoms. The predicted molar refractivity (Wildman–Crippen MR) is 134 cm³/mol. The van der Waals surface area contributed by atoms with Crippen molar-refractivity contribution in [1.82, 2.24) is 9.88 Å². The van der Waals surface area contributed by atoms with Crippen LogP contribution in [-0.2, 0) is 16.1 Å². The highest BCUT2D eigenvalue weighted by Crippen LogP contribution is 2.25. The van der Waals surface area contributed by atoms with Gasteiger partial charge in [0.2, 0.25) is 0 Å². The van der Waals surface area contributed by atoms with E-state index in [-0.39, 0.29) is 36.4 Å². The molecule has 1 fully saturated rings. The number of benzene rings is 2. The van der Waals surface area contributed by atoms with E-state index in [9.17, 15) is 9.59 Å². The number of halogens is 1. The van der Waals surface area contributed by atoms with Crippen LogP contribution in [0.25, 0.3) is 10.9 Å². The molecule has 0 spiro atoms. The third-order valence-corrected chi connectivity index (χ3v) is 6.67. The first-order valence-electron chi connectivity index (χ1n) is 11.7. The van der Waals surface area contributed by atoms with Crippen molar-refractivity contribution in [2.75, 3.05) is 13.7 Å². The van der Waals surface area contributed by atoms with Gasteiger partial charge in [0.25, 0.3) is 5.91 Å². The monoisotopic (exact) mass is 496 g/mol. The van der Waals surface area contributed by atoms with Gasteiger partial charge in [-0.2, -0.15) is 0 Å². The predicted octanol–water partition coefficient (Wildman–Crippen LogP) is 5.42. The van der Waals surface area contributed by atoms with Crippen LogP contribution < -0.4 is 9.47 Å². The lowest BCUT2D eigenvalue weighted by molar-refractivity contribution is -0.139. The fraction of sp³-hybridized carbons (Fsp3) is 0.370. The molecule has 1 saturated heterocycles. The SMILES string of the molecule is COc1ccc2cc(COC(=O)c3ccc(OCC(=O)N4[C@H](C)CCC[C@@H]4C)cc3)c(Cl)nc2c1. The molecule has 0 N–H and O–H groups in total. The first-order chi connectivity index (χ1) is 16.9. The van der Waals surface area contributed by atoms with E-state index in [1.165, 1.54) is 0 Å². The van der Waals surface area contributed by atoms with Crippen LogP contribution in [0.15, 0.2) is 48.5 Å². The highest BCUT2D eigenvalue weighted by molar-refractivity contribution is 6.30. The normalized spacial score (nSPS) is 17.8. The molecule has 1 aromatic heterocycles. The number of hydrogen-bond acceptors (Lipinski definition) is 6. The summed E-state index contributed by atoms with van der Waals surface area (Å²) in [6, 6.07) is 14.3. The number of likely N-dealkylation sites (tertiary alicyclic amines) is 1. The average molecular weight is 497 g/mol. The zero-order valence-corrected chi connectivity index (χ0v) is 20.9. The van der Waals surface area contributed by atoms with Gasteiger partial charge in [-0.3, -0.25) is 4.79 Å². The van der Waals surface area contributed by atoms with Crippen LogP contribution in [0.3, 0.4) is 0 Å². The number of piperidine rings is 1. The van der Waals surface area contributed by atoms with Crippen molar-refractivity contribution < 1.29 is 23.8 Å². The molecule has 184 valence electrons. The van der Waals surface area contributed by atoms with E-state index in [2.05, 4.69) is 18.8 Å². The van der Waals surface area contributed by atoms with Gasteiger partial charge < -0.3 is 19.1 Å². The van der Waals surface area contributed by atoms with Gasteiger partial charge in [0.1, 0.15) is 23.3 Å². The third-order valence-electron chi connectivity index (χ3n) is 6.34. The molecular formula is C27H29ClN2O5. The molecule has 4 rings (SSSR count). The summed E-state index contributed by atoms with van der Waals surface area (Å²) in [7, 11) is 1.59. The van der Waals surface area contributed by atoms with Crippen molar-refractivity contribution in [3.05, 3.63) is 64.8 Å². The van der Waals surface area contributed by atoms with Crippen molar-refractivity contribution in [2.24, 2.45) is 0 Å². The summed E-state index contributed by atoms with van der Waals surface area (Å²) in [4.78, 5) is 31.4. The Morgan fingerprint density at radius 1 is 1.03 bits per heavy atom. The number of carbonyl (C=O) groups is 2. The topological polar surface area (TPSA) is 78.0 Å². The molecule has 1 aliphatic rings. The number of aromatic nitrogens is 1. The lowest BCUT2D eigenvalue weighted by Crippen LogP contribution is -2.49. The zero-order valence-electron chi connectivity index (χ0n) is 20.1. The molecule has 7 nitrogen and oxygen atoms in total. The molecule has 35 heavy (non-hydrogen) atoms. The standard InChI is InChI=1S/C27H29ClN2O5/c1-17-5-4-6-18(2)30(17)25(31)16-34-22-10-7-19(8-11-22)27(32)35-15-21-13-20-9-12-23(33-3)14-24(20)29-26(21)28/h7-14,17-18H,4-6,15-16H2,1-3H3/t17-,18+. The maximum atomic E-state index is 12.6. The number of carbonyl (C=O) groups excluding carboxylic acids is 2. The highest BCUT2D eigenvalue weighted by Gasteiger charge is 2.29. The quantitative estimate of drug-likeness (QED) is 0.321. The van der Waals surface area contributed by atoms with E-state index >= 15 is 0 Å². The molecule has 1 amide bonds. The number of methoxy groups -OCH3 is 1. The van der Waals surface area contributed by atoms with Gasteiger partial charge in [0.15, 0.2) is 6.61 Å². The van der Waals surface area contributed by atoms with Crippen LogP contribution >= 0.6 is 11.6 Å². The van der Waals surface area contributed by atoms with Gasteiger partial charge in [-0.1, -0.05) is 11.6 Å². The number of hydrogen-bond donors (Lipinski definition) is 0. The Balaban J connectivity index is 1.33. The van der Waals surface area contributed by atoms with Crippen molar-refractivity contribution in [3.8, 4) is 11.5 Å². The van der Waals surface area contributed by atoms with Gasteiger partial charge >= 0.3 is 5.97 Å². The number of pyridine rings is 1. The minimum absolute atomic E-state index is 0.00834. The van der Waals surface area contributed by atoms with Crippen LogP contribution in [0.2, 0.25) is 5.15 Å². The fourth-order valence-corrected chi connectivity index (χ4v) is 4.64. The highest BCUT2D eigenvalue weighted by atomic mass is 35.5. The summed E-state index contributed by atoms with van der Waals surface area (Å²) in [6.45, 7) is 4.11. The second-order valence-electron chi connectivity index (χ2n) is 8.82. The Labute approximate surface area is 209 Å². The van der Waals surface area contributed by atoms with Gasteiger partial charge in [0.05, 0.1) is 18.2 Å². The van der Waals surface area contributed by atoms with E-state index in [1.54, 1.807) is 37.4 Å². The number of esters is 1. The van der Waals surface area contributed by atoms with Gasteiger partial charge in [-0.25, -0.2) is 9.78 Å². The van der Waals surface area contributed by atoms with Gasteiger partial charge in [-0.15, -0.1) is 0 Å². The van der Waals surface area contributed by atoms with Crippen molar-refractivity contribution in [2.45, 2.75) is 51.8 Å². The smallest absolute Gasteiger partial charge is 0.338 e. The second-order valence-corrected chi connectivity index (χ2v) is 9.17. The molecule has 0 unspecified atom stereocenters. The minimum Gasteiger partial charge on any atom is -0.497 e. The minimum atomic E-state index is -0.491. The third kappa shape index (κ3) is 5.85. The largest absolute Gasteiger partial charge is 0.497 e. The van der Waals surface area contributed by atoms with E-state index in [4.69, 9.17) is 25.8 Å². The van der Waals surface area contributed by atoms with Gasteiger partial charge in [0, 0.05) is 29.1 Å². The van der Waals surface area contributed by atoms with Gasteiger partial charge in [-0.05, 0) is 75.6 Å². The van der Waals surface area contributed by atoms with E-state index < -0.39 is 5.97 Å². The molecule has 2 aromatic carbocycles. The average Bonchev–Trinajstić information content (AvgIpc) is 2.86. The molecule has 1 aliphatic heterocycles. The molecule has 2 atom stereocenters. The van der Waals surface area contributed by atoms with E-state index in [0.717, 1.165) is 24.6 Å². The molecule has 8 heteroatoms. The van der Waals surface area contributed by atoms with Crippen LogP contribution in [0.4, 0.5) is 0 Å². The zero-order chi connectivity index (χ0) is 24.9. The van der Waals surface area contributed by atoms with E-state index in [0.29, 0.717) is 28.1 Å². The summed E-state index contributed by atoms with van der Waals surface area (Å²) in [6.07, 6.45) is 3.17. The summed E-state index contributed by atoms with van der Waals surface area (Å²) in [5.74, 6) is 0.694. The molecule has 0 aliphatic carbocycles. The first-order valence-corrected chi connectivity index (χ1v) is 12.1. The number of amides is 1. The molecular weight excluding hydrogens is 468 g/mol. The van der Waals surface area contributed by atoms with E-state index in [1.807, 2.05) is 23.1 Å². The Bertz CT molecular complexity index is 1200. The number of rotatable bonds is 7. The maximum Gasteiger partial charge on any atom is 0.338 e. The Morgan fingerprint density at radius 3 is 2.40 bits per heavy atom.